The van der Waals surface area contributed by atoms with Gasteiger partial charge in [-0.05, 0) is 70.4 Å². The Balaban J connectivity index is 1.76. The quantitative estimate of drug-likeness (QED) is 0.664. The van der Waals surface area contributed by atoms with Crippen molar-refractivity contribution in [3.63, 3.8) is 0 Å². The molecule has 0 bridgehead atoms. The third kappa shape index (κ3) is 7.69. The molecular formula is C20H28F3NO3. The largest absolute Gasteiger partial charge is 0.573 e. The maximum absolute atomic E-state index is 12.5. The lowest BCUT2D eigenvalue weighted by atomic mass is 9.91. The molecule has 7 heteroatoms. The highest BCUT2D eigenvalue weighted by molar-refractivity contribution is 5.68. The minimum Gasteiger partial charge on any atom is -0.444 e. The minimum absolute atomic E-state index is 0.121. The second-order valence-corrected chi connectivity index (χ2v) is 7.96. The van der Waals surface area contributed by atoms with Crippen LogP contribution in [0, 0.1) is 5.92 Å². The summed E-state index contributed by atoms with van der Waals surface area (Å²) in [6.45, 7) is 6.86. The van der Waals surface area contributed by atoms with Crippen LogP contribution in [0.5, 0.6) is 5.75 Å². The van der Waals surface area contributed by atoms with E-state index in [0.717, 1.165) is 25.7 Å². The fraction of sp³-hybridized carbons (Fsp3) is 0.650. The number of para-hydroxylation sites is 1. The smallest absolute Gasteiger partial charge is 0.444 e. The number of carbonyl (C=O) groups excluding carboxylic acids is 1. The van der Waals surface area contributed by atoms with Gasteiger partial charge in [0.05, 0.1) is 0 Å². The fourth-order valence-electron chi connectivity index (χ4n) is 3.25. The van der Waals surface area contributed by atoms with Gasteiger partial charge in [-0.2, -0.15) is 0 Å². The van der Waals surface area contributed by atoms with Gasteiger partial charge in [0.15, 0.2) is 0 Å². The van der Waals surface area contributed by atoms with E-state index >= 15 is 0 Å². The highest BCUT2D eigenvalue weighted by Gasteiger charge is 2.32. The number of likely N-dealkylation sites (tertiary alicyclic amines) is 1. The fourth-order valence-corrected chi connectivity index (χ4v) is 3.25. The lowest BCUT2D eigenvalue weighted by molar-refractivity contribution is -0.274. The standard InChI is InChI=1S/C20H28F3NO3/c1-19(2,3)27-18(25)24-13-11-15(12-14-24)7-6-9-16-8-4-5-10-17(16)26-20(21,22)23/h4-5,8,10,15H,6-7,9,11-14H2,1-3H3. The van der Waals surface area contributed by atoms with Crippen LogP contribution in [0.1, 0.15) is 52.0 Å². The van der Waals surface area contributed by atoms with Gasteiger partial charge in [0.25, 0.3) is 0 Å². The molecule has 1 heterocycles. The van der Waals surface area contributed by atoms with Crippen molar-refractivity contribution < 1.29 is 27.4 Å². The Morgan fingerprint density at radius 3 is 2.37 bits per heavy atom. The summed E-state index contributed by atoms with van der Waals surface area (Å²) in [7, 11) is 0. The number of carbonyl (C=O) groups is 1. The summed E-state index contributed by atoms with van der Waals surface area (Å²) in [4.78, 5) is 13.8. The maximum atomic E-state index is 12.5. The third-order valence-corrected chi connectivity index (χ3v) is 4.52. The van der Waals surface area contributed by atoms with Crippen molar-refractivity contribution in [1.29, 1.82) is 0 Å². The van der Waals surface area contributed by atoms with E-state index in [4.69, 9.17) is 4.74 Å². The summed E-state index contributed by atoms with van der Waals surface area (Å²) >= 11 is 0. The first-order valence-electron chi connectivity index (χ1n) is 9.35. The topological polar surface area (TPSA) is 38.8 Å². The zero-order chi connectivity index (χ0) is 20.1. The van der Waals surface area contributed by atoms with E-state index in [1.807, 2.05) is 20.8 Å². The number of hydrogen-bond acceptors (Lipinski definition) is 3. The van der Waals surface area contributed by atoms with Crippen LogP contribution >= 0.6 is 0 Å². The third-order valence-electron chi connectivity index (χ3n) is 4.52. The van der Waals surface area contributed by atoms with Crippen molar-refractivity contribution in [2.75, 3.05) is 13.1 Å². The number of alkyl halides is 3. The van der Waals surface area contributed by atoms with Gasteiger partial charge in [0, 0.05) is 13.1 Å². The van der Waals surface area contributed by atoms with Crippen LogP contribution in [-0.4, -0.2) is 36.0 Å². The molecule has 2 rings (SSSR count). The van der Waals surface area contributed by atoms with E-state index in [1.165, 1.54) is 12.1 Å². The second-order valence-electron chi connectivity index (χ2n) is 7.96. The Hall–Kier alpha value is -1.92. The molecule has 1 aromatic carbocycles. The van der Waals surface area contributed by atoms with E-state index in [9.17, 15) is 18.0 Å². The number of amides is 1. The lowest BCUT2D eigenvalue weighted by Gasteiger charge is -2.33. The number of piperidine rings is 1. The highest BCUT2D eigenvalue weighted by atomic mass is 19.4. The molecule has 152 valence electrons. The summed E-state index contributed by atoms with van der Waals surface area (Å²) < 4.78 is 46.9. The normalized spacial score (nSPS) is 16.3. The zero-order valence-electron chi connectivity index (χ0n) is 16.1. The molecule has 1 saturated heterocycles. The molecule has 1 amide bonds. The van der Waals surface area contributed by atoms with Gasteiger partial charge in [-0.1, -0.05) is 18.2 Å². The summed E-state index contributed by atoms with van der Waals surface area (Å²) in [5, 5.41) is 0. The molecule has 0 aliphatic carbocycles. The molecular weight excluding hydrogens is 359 g/mol. The van der Waals surface area contributed by atoms with Crippen molar-refractivity contribution in [3.8, 4) is 5.75 Å². The van der Waals surface area contributed by atoms with Crippen LogP contribution in [0.4, 0.5) is 18.0 Å². The average molecular weight is 387 g/mol. The van der Waals surface area contributed by atoms with Gasteiger partial charge >= 0.3 is 12.5 Å². The number of ether oxygens (including phenoxy) is 2. The van der Waals surface area contributed by atoms with E-state index in [-0.39, 0.29) is 11.8 Å². The predicted molar refractivity (Wildman–Crippen MR) is 96.6 cm³/mol. The van der Waals surface area contributed by atoms with Crippen LogP contribution in [0.25, 0.3) is 0 Å². The van der Waals surface area contributed by atoms with Crippen LogP contribution in [-0.2, 0) is 11.2 Å². The molecule has 27 heavy (non-hydrogen) atoms. The van der Waals surface area contributed by atoms with Crippen LogP contribution in [0.2, 0.25) is 0 Å². The van der Waals surface area contributed by atoms with Crippen LogP contribution < -0.4 is 4.74 Å². The summed E-state index contributed by atoms with van der Waals surface area (Å²) in [6, 6.07) is 6.28. The number of rotatable bonds is 5. The molecule has 0 unspecified atom stereocenters. The number of halogens is 3. The van der Waals surface area contributed by atoms with Crippen molar-refractivity contribution in [2.24, 2.45) is 5.92 Å². The van der Waals surface area contributed by atoms with E-state index in [2.05, 4.69) is 4.74 Å². The Kier molecular flexibility index (Phi) is 7.00. The molecule has 4 nitrogen and oxygen atoms in total. The predicted octanol–water partition coefficient (Wildman–Crippen LogP) is 5.56. The molecule has 0 spiro atoms. The van der Waals surface area contributed by atoms with Gasteiger partial charge in [-0.15, -0.1) is 13.2 Å². The van der Waals surface area contributed by atoms with E-state index in [1.54, 1.807) is 17.0 Å². The molecule has 0 atom stereocenters. The molecule has 0 radical (unpaired) electrons. The van der Waals surface area contributed by atoms with E-state index < -0.39 is 12.0 Å². The molecule has 0 aromatic heterocycles. The van der Waals surface area contributed by atoms with Gasteiger partial charge in [0.2, 0.25) is 0 Å². The Morgan fingerprint density at radius 1 is 1.15 bits per heavy atom. The first kappa shape index (κ1) is 21.4. The maximum Gasteiger partial charge on any atom is 0.573 e. The summed E-state index contributed by atoms with van der Waals surface area (Å²) in [5.74, 6) is 0.351. The SMILES string of the molecule is CC(C)(C)OC(=O)N1CCC(CCCc2ccccc2OC(F)(F)F)CC1. The Labute approximate surface area is 158 Å². The molecule has 1 fully saturated rings. The number of benzene rings is 1. The zero-order valence-corrected chi connectivity index (χ0v) is 16.1. The van der Waals surface area contributed by atoms with Gasteiger partial charge in [0.1, 0.15) is 11.4 Å². The molecule has 0 saturated carbocycles. The first-order chi connectivity index (χ1) is 12.5. The number of aryl methyl sites for hydroxylation is 1. The lowest BCUT2D eigenvalue weighted by Crippen LogP contribution is -2.41. The Bertz CT molecular complexity index is 618. The van der Waals surface area contributed by atoms with Gasteiger partial charge < -0.3 is 14.4 Å². The van der Waals surface area contributed by atoms with E-state index in [0.29, 0.717) is 31.0 Å². The Morgan fingerprint density at radius 2 is 1.78 bits per heavy atom. The van der Waals surface area contributed by atoms with Crippen LogP contribution in [0.15, 0.2) is 24.3 Å². The monoisotopic (exact) mass is 387 g/mol. The van der Waals surface area contributed by atoms with Gasteiger partial charge in [-0.3, -0.25) is 0 Å². The second kappa shape index (κ2) is 8.85. The van der Waals surface area contributed by atoms with Crippen LogP contribution in [0.3, 0.4) is 0 Å². The number of nitrogens with zero attached hydrogens (tertiary/aromatic N) is 1. The highest BCUT2D eigenvalue weighted by Crippen LogP contribution is 2.29. The molecule has 0 N–H and O–H groups in total. The number of hydrogen-bond donors (Lipinski definition) is 0. The molecule has 1 aromatic rings. The van der Waals surface area contributed by atoms with Crippen molar-refractivity contribution >= 4 is 6.09 Å². The minimum atomic E-state index is -4.68. The van der Waals surface area contributed by atoms with Crippen molar-refractivity contribution in [1.82, 2.24) is 4.90 Å². The average Bonchev–Trinajstić information content (AvgIpc) is 2.54. The summed E-state index contributed by atoms with van der Waals surface area (Å²) in [5.41, 5.74) is 0.0702. The first-order valence-corrected chi connectivity index (χ1v) is 9.35. The van der Waals surface area contributed by atoms with Gasteiger partial charge in [-0.25, -0.2) is 4.79 Å². The molecule has 1 aliphatic rings. The summed E-state index contributed by atoms with van der Waals surface area (Å²) in [6.07, 6.45) is -0.930. The molecule has 1 aliphatic heterocycles. The van der Waals surface area contributed by atoms with Crippen molar-refractivity contribution in [3.05, 3.63) is 29.8 Å². The van der Waals surface area contributed by atoms with Crippen molar-refractivity contribution in [2.45, 2.75) is 64.8 Å².